The Morgan fingerprint density at radius 1 is 1.11 bits per heavy atom. The highest BCUT2D eigenvalue weighted by atomic mass is 16.5. The molecule has 2 rings (SSSR count). The lowest BCUT2D eigenvalue weighted by atomic mass is 9.84. The molecule has 0 aromatic rings. The van der Waals surface area contributed by atoms with Gasteiger partial charge in [0.25, 0.3) is 0 Å². The van der Waals surface area contributed by atoms with Gasteiger partial charge >= 0.3 is 0 Å². The molecular formula is C17H35NO. The number of ether oxygens (including phenoxy) is 1. The Morgan fingerprint density at radius 3 is 1.95 bits per heavy atom. The third-order valence-electron chi connectivity index (χ3n) is 4.29. The molecule has 1 atom stereocenters. The topological polar surface area (TPSA) is 12.5 Å². The van der Waals surface area contributed by atoms with Crippen molar-refractivity contribution in [3.63, 3.8) is 0 Å². The van der Waals surface area contributed by atoms with Gasteiger partial charge in [-0.3, -0.25) is 0 Å². The molecule has 0 radical (unpaired) electrons. The van der Waals surface area contributed by atoms with E-state index in [0.717, 1.165) is 6.42 Å². The maximum atomic E-state index is 6.31. The van der Waals surface area contributed by atoms with Crippen molar-refractivity contribution in [3.8, 4) is 0 Å². The lowest BCUT2D eigenvalue weighted by Crippen LogP contribution is -2.44. The maximum Gasteiger partial charge on any atom is 0.0924 e. The van der Waals surface area contributed by atoms with Gasteiger partial charge in [0.15, 0.2) is 0 Å². The summed E-state index contributed by atoms with van der Waals surface area (Å²) in [6, 6.07) is 0. The van der Waals surface area contributed by atoms with E-state index >= 15 is 0 Å². The van der Waals surface area contributed by atoms with Gasteiger partial charge in [0.2, 0.25) is 0 Å². The number of hydrogen-bond donors (Lipinski definition) is 0. The quantitative estimate of drug-likeness (QED) is 0.643. The molecule has 0 aliphatic carbocycles. The molecule has 2 heterocycles. The van der Waals surface area contributed by atoms with Crippen molar-refractivity contribution in [2.24, 2.45) is 0 Å². The van der Waals surface area contributed by atoms with Crippen LogP contribution in [0.25, 0.3) is 0 Å². The van der Waals surface area contributed by atoms with Gasteiger partial charge in [-0.25, -0.2) is 0 Å². The highest BCUT2D eigenvalue weighted by Gasteiger charge is 2.44. The number of hydrogen-bond acceptors (Lipinski definition) is 2. The number of likely N-dealkylation sites (tertiary alicyclic amines) is 1. The first-order chi connectivity index (χ1) is 9.09. The fraction of sp³-hybridized carbons (Fsp3) is 0.882. The molecule has 0 bridgehead atoms. The third-order valence-corrected chi connectivity index (χ3v) is 4.29. The molecule has 0 saturated carbocycles. The summed E-state index contributed by atoms with van der Waals surface area (Å²) in [6.07, 6.45) is 3.83. The van der Waals surface area contributed by atoms with Crippen LogP contribution in [-0.2, 0) is 4.74 Å². The lowest BCUT2D eigenvalue weighted by Gasteiger charge is -2.39. The van der Waals surface area contributed by atoms with E-state index in [2.05, 4.69) is 32.7 Å². The minimum Gasteiger partial charge on any atom is -0.363 e. The van der Waals surface area contributed by atoms with E-state index < -0.39 is 0 Å². The Morgan fingerprint density at radius 2 is 1.58 bits per heavy atom. The number of rotatable bonds is 1. The predicted octanol–water partition coefficient (Wildman–Crippen LogP) is 4.65. The zero-order valence-electron chi connectivity index (χ0n) is 14.5. The largest absolute Gasteiger partial charge is 0.363 e. The Kier molecular flexibility index (Phi) is 8.60. The molecule has 0 amide bonds. The molecule has 0 aromatic heterocycles. The van der Waals surface area contributed by atoms with E-state index in [9.17, 15) is 0 Å². The van der Waals surface area contributed by atoms with Crippen molar-refractivity contribution in [2.45, 2.75) is 79.4 Å². The monoisotopic (exact) mass is 269 g/mol. The van der Waals surface area contributed by atoms with Crippen LogP contribution < -0.4 is 0 Å². The lowest BCUT2D eigenvalue weighted by molar-refractivity contribution is -0.0651. The second-order valence-electron chi connectivity index (χ2n) is 5.12. The average molecular weight is 269 g/mol. The van der Waals surface area contributed by atoms with Crippen LogP contribution in [0.1, 0.15) is 67.7 Å². The van der Waals surface area contributed by atoms with Crippen molar-refractivity contribution in [3.05, 3.63) is 11.1 Å². The fourth-order valence-corrected chi connectivity index (χ4v) is 2.91. The third kappa shape index (κ3) is 4.06. The molecule has 1 fully saturated rings. The molecule has 1 saturated heterocycles. The van der Waals surface area contributed by atoms with E-state index in [1.54, 1.807) is 0 Å². The Balaban J connectivity index is 0.000000741. The summed E-state index contributed by atoms with van der Waals surface area (Å²) in [5.74, 6) is 0. The first-order valence-electron chi connectivity index (χ1n) is 8.13. The van der Waals surface area contributed by atoms with Gasteiger partial charge in [0.05, 0.1) is 11.7 Å². The molecule has 2 aliphatic rings. The summed E-state index contributed by atoms with van der Waals surface area (Å²) in [5.41, 5.74) is 3.10. The Hall–Kier alpha value is -0.340. The molecule has 1 spiro atoms. The van der Waals surface area contributed by atoms with Gasteiger partial charge in [-0.15, -0.1) is 0 Å². The molecule has 2 aliphatic heterocycles. The minimum atomic E-state index is 0.0945. The summed E-state index contributed by atoms with van der Waals surface area (Å²) in [7, 11) is 2.20. The fourth-order valence-electron chi connectivity index (χ4n) is 2.91. The van der Waals surface area contributed by atoms with Crippen LogP contribution in [-0.4, -0.2) is 36.7 Å². The van der Waals surface area contributed by atoms with Gasteiger partial charge in [-0.1, -0.05) is 34.6 Å². The van der Waals surface area contributed by atoms with E-state index in [0.29, 0.717) is 6.10 Å². The van der Waals surface area contributed by atoms with E-state index in [1.165, 1.54) is 37.1 Å². The van der Waals surface area contributed by atoms with Crippen LogP contribution in [0, 0.1) is 0 Å². The van der Waals surface area contributed by atoms with E-state index in [-0.39, 0.29) is 5.60 Å². The first kappa shape index (κ1) is 18.7. The first-order valence-corrected chi connectivity index (χ1v) is 8.13. The maximum absolute atomic E-state index is 6.31. The second-order valence-corrected chi connectivity index (χ2v) is 5.12. The van der Waals surface area contributed by atoms with Crippen molar-refractivity contribution < 1.29 is 4.74 Å². The van der Waals surface area contributed by atoms with Crippen LogP contribution in [0.15, 0.2) is 11.1 Å². The summed E-state index contributed by atoms with van der Waals surface area (Å²) >= 11 is 0. The zero-order valence-corrected chi connectivity index (χ0v) is 14.5. The molecule has 0 aromatic carbocycles. The molecule has 2 nitrogen and oxygen atoms in total. The highest BCUT2D eigenvalue weighted by Crippen LogP contribution is 2.43. The summed E-state index contributed by atoms with van der Waals surface area (Å²) in [5, 5.41) is 0. The highest BCUT2D eigenvalue weighted by molar-refractivity contribution is 5.30. The normalized spacial score (nSPS) is 25.6. The Bertz CT molecular complexity index is 275. The standard InChI is InChI=1S/C13H23NO.2C2H6/c1-5-12-10(2)11(3)13(15-12)6-8-14(4)9-7-13;2*1-2/h12H,5-9H2,1-4H3;2*1-2H3. The van der Waals surface area contributed by atoms with Gasteiger partial charge in [0.1, 0.15) is 0 Å². The summed E-state index contributed by atoms with van der Waals surface area (Å²) in [4.78, 5) is 2.40. The number of nitrogens with zero attached hydrogens (tertiary/aromatic N) is 1. The SMILES string of the molecule is CC.CC.CCC1OC2(CCN(C)CC2)C(C)=C1C. The van der Waals surface area contributed by atoms with E-state index in [1.807, 2.05) is 27.7 Å². The Labute approximate surface area is 121 Å². The van der Waals surface area contributed by atoms with Crippen LogP contribution in [0.2, 0.25) is 0 Å². The molecule has 2 heteroatoms. The van der Waals surface area contributed by atoms with Crippen LogP contribution in [0.5, 0.6) is 0 Å². The molecule has 1 unspecified atom stereocenters. The van der Waals surface area contributed by atoms with Crippen molar-refractivity contribution >= 4 is 0 Å². The van der Waals surface area contributed by atoms with Gasteiger partial charge < -0.3 is 9.64 Å². The van der Waals surface area contributed by atoms with Crippen molar-refractivity contribution in [1.82, 2.24) is 4.90 Å². The zero-order chi connectivity index (χ0) is 15.1. The van der Waals surface area contributed by atoms with Crippen LogP contribution in [0.4, 0.5) is 0 Å². The summed E-state index contributed by atoms with van der Waals surface area (Å²) in [6.45, 7) is 17.1. The minimum absolute atomic E-state index is 0.0945. The van der Waals surface area contributed by atoms with Crippen LogP contribution in [0.3, 0.4) is 0 Å². The van der Waals surface area contributed by atoms with Crippen LogP contribution >= 0.6 is 0 Å². The van der Waals surface area contributed by atoms with Gasteiger partial charge in [-0.05, 0) is 51.3 Å². The predicted molar refractivity (Wildman–Crippen MR) is 85.7 cm³/mol. The molecule has 0 N–H and O–H groups in total. The molecule has 19 heavy (non-hydrogen) atoms. The molecule has 114 valence electrons. The number of piperidine rings is 1. The molecular weight excluding hydrogens is 234 g/mol. The van der Waals surface area contributed by atoms with Crippen molar-refractivity contribution in [2.75, 3.05) is 20.1 Å². The smallest absolute Gasteiger partial charge is 0.0924 e. The van der Waals surface area contributed by atoms with E-state index in [4.69, 9.17) is 4.74 Å². The summed E-state index contributed by atoms with van der Waals surface area (Å²) < 4.78 is 6.31. The van der Waals surface area contributed by atoms with Gasteiger partial charge in [-0.2, -0.15) is 0 Å². The van der Waals surface area contributed by atoms with Crippen molar-refractivity contribution in [1.29, 1.82) is 0 Å². The second kappa shape index (κ2) is 8.76. The average Bonchev–Trinajstić information content (AvgIpc) is 2.72. The van der Waals surface area contributed by atoms with Gasteiger partial charge in [0, 0.05) is 13.1 Å².